The van der Waals surface area contributed by atoms with Crippen LogP contribution in [0.15, 0.2) is 78.9 Å². The molecule has 0 aromatic heterocycles. The van der Waals surface area contributed by atoms with Crippen LogP contribution in [0.4, 0.5) is 5.69 Å². The molecule has 1 atom stereocenters. The van der Waals surface area contributed by atoms with Crippen molar-refractivity contribution >= 4 is 27.4 Å². The van der Waals surface area contributed by atoms with Gasteiger partial charge in [-0.25, -0.2) is 8.42 Å². The van der Waals surface area contributed by atoms with Crippen LogP contribution in [0, 0.1) is 0 Å². The summed E-state index contributed by atoms with van der Waals surface area (Å²) in [6.07, 6.45) is 1.13. The third-order valence-corrected chi connectivity index (χ3v) is 6.56. The summed E-state index contributed by atoms with van der Waals surface area (Å²) in [7, 11) is -3.59. The predicted octanol–water partition coefficient (Wildman–Crippen LogP) is 4.39. The molecule has 0 aliphatic carbocycles. The first kappa shape index (κ1) is 24.2. The minimum Gasteiger partial charge on any atom is -0.351 e. The number of nitrogens with zero attached hydrogens (tertiary/aromatic N) is 1. The van der Waals surface area contributed by atoms with Gasteiger partial charge < -0.3 is 5.32 Å². The number of ketones is 1. The zero-order chi connectivity index (χ0) is 24.0. The second-order valence-corrected chi connectivity index (χ2v) is 10.0. The van der Waals surface area contributed by atoms with Crippen molar-refractivity contribution in [3.8, 4) is 0 Å². The van der Waals surface area contributed by atoms with E-state index in [1.54, 1.807) is 48.5 Å². The number of rotatable bonds is 9. The van der Waals surface area contributed by atoms with Crippen molar-refractivity contribution in [3.63, 3.8) is 0 Å². The Kier molecular flexibility index (Phi) is 7.66. The van der Waals surface area contributed by atoms with Gasteiger partial charge in [-0.1, -0.05) is 61.5 Å². The third kappa shape index (κ3) is 6.52. The van der Waals surface area contributed by atoms with Crippen molar-refractivity contribution in [2.75, 3.05) is 17.1 Å². The standard InChI is InChI=1S/C26H28N2O4S/c1-19(22-8-5-4-6-9-22)17-27-26(30)23-14-12-21(13-15-23)18-28(33(3,31)32)25-11-7-10-24(16-25)20(2)29/h4-16,19H,17-18H2,1-3H3,(H,27,30)/t19-/m1/s1. The number of hydrogen-bond donors (Lipinski definition) is 1. The monoisotopic (exact) mass is 464 g/mol. The zero-order valence-electron chi connectivity index (χ0n) is 19.0. The molecule has 0 aliphatic rings. The molecule has 0 heterocycles. The summed E-state index contributed by atoms with van der Waals surface area (Å²) in [4.78, 5) is 24.2. The molecule has 0 fully saturated rings. The fourth-order valence-electron chi connectivity index (χ4n) is 3.45. The quantitative estimate of drug-likeness (QED) is 0.476. The van der Waals surface area contributed by atoms with Crippen molar-refractivity contribution in [1.29, 1.82) is 0 Å². The van der Waals surface area contributed by atoms with Crippen molar-refractivity contribution in [3.05, 3.63) is 101 Å². The van der Waals surface area contributed by atoms with Crippen LogP contribution in [0.1, 0.15) is 51.6 Å². The molecule has 1 amide bonds. The number of carbonyl (C=O) groups is 2. The van der Waals surface area contributed by atoms with Crippen LogP contribution < -0.4 is 9.62 Å². The van der Waals surface area contributed by atoms with Gasteiger partial charge in [0, 0.05) is 17.7 Å². The molecule has 0 aliphatic heterocycles. The fraction of sp³-hybridized carbons (Fsp3) is 0.231. The smallest absolute Gasteiger partial charge is 0.251 e. The lowest BCUT2D eigenvalue weighted by atomic mass is 10.0. The van der Waals surface area contributed by atoms with E-state index in [4.69, 9.17) is 0 Å². The van der Waals surface area contributed by atoms with Gasteiger partial charge in [0.15, 0.2) is 5.78 Å². The van der Waals surface area contributed by atoms with Gasteiger partial charge in [0.2, 0.25) is 10.0 Å². The van der Waals surface area contributed by atoms with Crippen molar-refractivity contribution in [1.82, 2.24) is 5.32 Å². The Morgan fingerprint density at radius 2 is 1.58 bits per heavy atom. The van der Waals surface area contributed by atoms with Crippen molar-refractivity contribution in [2.24, 2.45) is 0 Å². The predicted molar refractivity (Wildman–Crippen MR) is 131 cm³/mol. The topological polar surface area (TPSA) is 83.6 Å². The number of anilines is 1. The first-order valence-corrected chi connectivity index (χ1v) is 12.5. The molecular formula is C26H28N2O4S. The highest BCUT2D eigenvalue weighted by molar-refractivity contribution is 7.92. The van der Waals surface area contributed by atoms with Crippen LogP contribution in [0.25, 0.3) is 0 Å². The molecular weight excluding hydrogens is 436 g/mol. The first-order valence-electron chi connectivity index (χ1n) is 10.7. The summed E-state index contributed by atoms with van der Waals surface area (Å²) < 4.78 is 26.1. The van der Waals surface area contributed by atoms with Crippen LogP contribution in [0.5, 0.6) is 0 Å². The van der Waals surface area contributed by atoms with Gasteiger partial charge in [-0.05, 0) is 48.2 Å². The summed E-state index contributed by atoms with van der Waals surface area (Å²) >= 11 is 0. The zero-order valence-corrected chi connectivity index (χ0v) is 19.8. The summed E-state index contributed by atoms with van der Waals surface area (Å²) in [5.41, 5.74) is 3.24. The molecule has 0 spiro atoms. The Labute approximate surface area is 195 Å². The Morgan fingerprint density at radius 1 is 0.909 bits per heavy atom. The van der Waals surface area contributed by atoms with Crippen LogP contribution in [0.3, 0.4) is 0 Å². The number of sulfonamides is 1. The molecule has 0 radical (unpaired) electrons. The Hall–Kier alpha value is -3.45. The largest absolute Gasteiger partial charge is 0.351 e. The van der Waals surface area contributed by atoms with Crippen LogP contribution in [-0.2, 0) is 16.6 Å². The molecule has 3 aromatic rings. The van der Waals surface area contributed by atoms with Gasteiger partial charge in [0.05, 0.1) is 18.5 Å². The third-order valence-electron chi connectivity index (χ3n) is 5.42. The molecule has 1 N–H and O–H groups in total. The van der Waals surface area contributed by atoms with Crippen LogP contribution >= 0.6 is 0 Å². The van der Waals surface area contributed by atoms with Gasteiger partial charge in [0.1, 0.15) is 0 Å². The van der Waals surface area contributed by atoms with Gasteiger partial charge >= 0.3 is 0 Å². The minimum atomic E-state index is -3.59. The average Bonchev–Trinajstić information content (AvgIpc) is 2.81. The number of hydrogen-bond acceptors (Lipinski definition) is 4. The molecule has 0 saturated heterocycles. The summed E-state index contributed by atoms with van der Waals surface area (Å²) in [5.74, 6) is -0.135. The van der Waals surface area contributed by atoms with Gasteiger partial charge in [-0.15, -0.1) is 0 Å². The highest BCUT2D eigenvalue weighted by Crippen LogP contribution is 2.22. The van der Waals surface area contributed by atoms with E-state index in [1.165, 1.54) is 11.2 Å². The van der Waals surface area contributed by atoms with Crippen LogP contribution in [0.2, 0.25) is 0 Å². The fourth-order valence-corrected chi connectivity index (χ4v) is 4.33. The van der Waals surface area contributed by atoms with E-state index in [1.807, 2.05) is 30.3 Å². The average molecular weight is 465 g/mol. The molecule has 7 heteroatoms. The van der Waals surface area contributed by atoms with E-state index >= 15 is 0 Å². The Morgan fingerprint density at radius 3 is 2.18 bits per heavy atom. The number of benzene rings is 3. The second-order valence-electron chi connectivity index (χ2n) is 8.09. The van der Waals surface area contributed by atoms with Gasteiger partial charge in [-0.2, -0.15) is 0 Å². The van der Waals surface area contributed by atoms with Gasteiger partial charge in [0.25, 0.3) is 5.91 Å². The van der Waals surface area contributed by atoms with E-state index in [9.17, 15) is 18.0 Å². The highest BCUT2D eigenvalue weighted by Gasteiger charge is 2.19. The number of nitrogens with one attached hydrogen (secondary N) is 1. The van der Waals surface area contributed by atoms with Crippen LogP contribution in [-0.4, -0.2) is 32.9 Å². The molecule has 3 rings (SSSR count). The molecule has 3 aromatic carbocycles. The van der Waals surface area contributed by atoms with E-state index in [0.29, 0.717) is 23.4 Å². The Balaban J connectivity index is 1.69. The lowest BCUT2D eigenvalue weighted by molar-refractivity contribution is 0.0950. The second kappa shape index (κ2) is 10.4. The lowest BCUT2D eigenvalue weighted by Gasteiger charge is -2.23. The molecule has 6 nitrogen and oxygen atoms in total. The van der Waals surface area contributed by atoms with Crippen molar-refractivity contribution < 1.29 is 18.0 Å². The van der Waals surface area contributed by atoms with Crippen molar-refractivity contribution in [2.45, 2.75) is 26.3 Å². The SMILES string of the molecule is CC(=O)c1cccc(N(Cc2ccc(C(=O)NC[C@@H](C)c3ccccc3)cc2)S(C)(=O)=O)c1. The maximum absolute atomic E-state index is 12.5. The Bertz CT molecular complexity index is 1220. The summed E-state index contributed by atoms with van der Waals surface area (Å²) in [5, 5.41) is 2.95. The van der Waals surface area contributed by atoms with E-state index in [-0.39, 0.29) is 24.2 Å². The molecule has 0 bridgehead atoms. The number of amides is 1. The lowest BCUT2D eigenvalue weighted by Crippen LogP contribution is -2.29. The molecule has 33 heavy (non-hydrogen) atoms. The molecule has 0 saturated carbocycles. The molecule has 172 valence electrons. The van der Waals surface area contributed by atoms with Gasteiger partial charge in [-0.3, -0.25) is 13.9 Å². The maximum Gasteiger partial charge on any atom is 0.251 e. The normalized spacial score (nSPS) is 12.1. The highest BCUT2D eigenvalue weighted by atomic mass is 32.2. The molecule has 0 unspecified atom stereocenters. The summed E-state index contributed by atoms with van der Waals surface area (Å²) in [6.45, 7) is 4.10. The van der Waals surface area contributed by atoms with E-state index < -0.39 is 10.0 Å². The number of Topliss-reactive ketones (excluding diaryl/α,β-unsaturated/α-hetero) is 1. The maximum atomic E-state index is 12.5. The first-order chi connectivity index (χ1) is 15.6. The van der Waals surface area contributed by atoms with E-state index in [2.05, 4.69) is 12.2 Å². The summed E-state index contributed by atoms with van der Waals surface area (Å²) in [6, 6.07) is 23.4. The number of carbonyl (C=O) groups excluding carboxylic acids is 2. The van der Waals surface area contributed by atoms with E-state index in [0.717, 1.165) is 17.4 Å². The minimum absolute atomic E-state index is 0.0904.